The van der Waals surface area contributed by atoms with Gasteiger partial charge < -0.3 is 10.1 Å². The van der Waals surface area contributed by atoms with Gasteiger partial charge in [-0.05, 0) is 80.9 Å². The van der Waals surface area contributed by atoms with E-state index in [2.05, 4.69) is 12.2 Å². The average molecular weight is 327 g/mol. The fourth-order valence-electron chi connectivity index (χ4n) is 5.64. The van der Waals surface area contributed by atoms with Crippen LogP contribution in [0.2, 0.25) is 0 Å². The minimum absolute atomic E-state index is 0.0743. The van der Waals surface area contributed by atoms with Crippen molar-refractivity contribution in [2.75, 3.05) is 6.61 Å². The normalized spacial score (nSPS) is 33.5. The van der Waals surface area contributed by atoms with Crippen LogP contribution in [0, 0.1) is 17.8 Å². The molecule has 4 fully saturated rings. The predicted octanol–water partition coefficient (Wildman–Crippen LogP) is 4.56. The van der Waals surface area contributed by atoms with Crippen LogP contribution < -0.4 is 10.1 Å². The third-order valence-corrected chi connectivity index (χ3v) is 6.28. The molecule has 4 aliphatic rings. The Kier molecular flexibility index (Phi) is 4.28. The second kappa shape index (κ2) is 6.42. The zero-order chi connectivity index (χ0) is 16.6. The molecule has 24 heavy (non-hydrogen) atoms. The molecule has 1 N–H and O–H groups in total. The van der Waals surface area contributed by atoms with Gasteiger partial charge >= 0.3 is 0 Å². The zero-order valence-corrected chi connectivity index (χ0v) is 14.7. The van der Waals surface area contributed by atoms with E-state index in [9.17, 15) is 4.79 Å². The molecule has 4 saturated carbocycles. The first-order valence-electron chi connectivity index (χ1n) is 9.71. The van der Waals surface area contributed by atoms with Crippen molar-refractivity contribution < 1.29 is 9.53 Å². The van der Waals surface area contributed by atoms with Crippen LogP contribution in [0.25, 0.3) is 0 Å². The molecule has 0 atom stereocenters. The number of benzene rings is 1. The molecule has 1 aromatic carbocycles. The van der Waals surface area contributed by atoms with Gasteiger partial charge in [-0.1, -0.05) is 19.4 Å². The third-order valence-electron chi connectivity index (χ3n) is 6.28. The molecule has 0 heterocycles. The van der Waals surface area contributed by atoms with Crippen LogP contribution in [0.5, 0.6) is 5.75 Å². The van der Waals surface area contributed by atoms with Gasteiger partial charge in [-0.15, -0.1) is 0 Å². The average Bonchev–Trinajstić information content (AvgIpc) is 2.53. The number of carbonyl (C=O) groups is 1. The van der Waals surface area contributed by atoms with E-state index >= 15 is 0 Å². The maximum atomic E-state index is 12.8. The molecule has 1 amide bonds. The molecular formula is C21H29NO2. The molecule has 4 aliphatic carbocycles. The van der Waals surface area contributed by atoms with E-state index in [4.69, 9.17) is 4.74 Å². The molecule has 0 aromatic heterocycles. The standard InChI is InChI=1S/C21H29NO2/c1-2-3-7-24-19-6-4-5-18(11-19)20(23)22-21-12-15-8-16(13-21)10-17(9-15)14-21/h4-6,11,15-17H,2-3,7-10,12-14H2,1H3,(H,22,23). The van der Waals surface area contributed by atoms with Gasteiger partial charge in [0.1, 0.15) is 5.75 Å². The number of carbonyl (C=O) groups excluding carboxylic acids is 1. The lowest BCUT2D eigenvalue weighted by molar-refractivity contribution is -0.0167. The van der Waals surface area contributed by atoms with Crippen LogP contribution >= 0.6 is 0 Å². The smallest absolute Gasteiger partial charge is 0.251 e. The van der Waals surface area contributed by atoms with Gasteiger partial charge in [0.05, 0.1) is 6.61 Å². The van der Waals surface area contributed by atoms with Crippen LogP contribution in [0.1, 0.15) is 68.6 Å². The summed E-state index contributed by atoms with van der Waals surface area (Å²) in [6.07, 6.45) is 9.93. The maximum absolute atomic E-state index is 12.8. The number of ether oxygens (including phenoxy) is 1. The lowest BCUT2D eigenvalue weighted by atomic mass is 9.53. The summed E-state index contributed by atoms with van der Waals surface area (Å²) in [7, 11) is 0. The molecular weight excluding hydrogens is 298 g/mol. The van der Waals surface area contributed by atoms with Crippen LogP contribution in [-0.2, 0) is 0 Å². The van der Waals surface area contributed by atoms with Gasteiger partial charge in [-0.3, -0.25) is 4.79 Å². The molecule has 0 aliphatic heterocycles. The number of hydrogen-bond donors (Lipinski definition) is 1. The number of unbranched alkanes of at least 4 members (excludes halogenated alkanes) is 1. The minimum atomic E-state index is 0.0743. The summed E-state index contributed by atoms with van der Waals surface area (Å²) in [5.74, 6) is 3.43. The predicted molar refractivity (Wildman–Crippen MR) is 95.2 cm³/mol. The Morgan fingerprint density at radius 3 is 2.46 bits per heavy atom. The summed E-state index contributed by atoms with van der Waals surface area (Å²) in [6, 6.07) is 7.67. The molecule has 130 valence electrons. The van der Waals surface area contributed by atoms with Gasteiger partial charge in [0, 0.05) is 11.1 Å². The van der Waals surface area contributed by atoms with Crippen LogP contribution in [-0.4, -0.2) is 18.1 Å². The highest BCUT2D eigenvalue weighted by Crippen LogP contribution is 2.55. The summed E-state index contributed by atoms with van der Waals surface area (Å²) in [5, 5.41) is 3.44. The molecule has 0 spiro atoms. The molecule has 0 saturated heterocycles. The molecule has 0 radical (unpaired) electrons. The van der Waals surface area contributed by atoms with Crippen LogP contribution in [0.4, 0.5) is 0 Å². The van der Waals surface area contributed by atoms with Crippen molar-refractivity contribution in [1.82, 2.24) is 5.32 Å². The van der Waals surface area contributed by atoms with E-state index in [0.29, 0.717) is 0 Å². The van der Waals surface area contributed by atoms with Crippen LogP contribution in [0.15, 0.2) is 24.3 Å². The van der Waals surface area contributed by atoms with Gasteiger partial charge in [-0.2, -0.15) is 0 Å². The highest BCUT2D eigenvalue weighted by atomic mass is 16.5. The van der Waals surface area contributed by atoms with Gasteiger partial charge in [0.25, 0.3) is 5.91 Å². The molecule has 0 unspecified atom stereocenters. The first-order chi connectivity index (χ1) is 11.7. The molecule has 3 heteroatoms. The third kappa shape index (κ3) is 3.18. The summed E-state index contributed by atoms with van der Waals surface area (Å²) >= 11 is 0. The quantitative estimate of drug-likeness (QED) is 0.778. The lowest BCUT2D eigenvalue weighted by Crippen LogP contribution is -2.59. The molecule has 1 aromatic rings. The summed E-state index contributed by atoms with van der Waals surface area (Å²) in [5.41, 5.74) is 0.810. The zero-order valence-electron chi connectivity index (χ0n) is 14.7. The van der Waals surface area contributed by atoms with Crippen molar-refractivity contribution in [2.24, 2.45) is 17.8 Å². The van der Waals surface area contributed by atoms with Crippen molar-refractivity contribution in [3.05, 3.63) is 29.8 Å². The molecule has 3 nitrogen and oxygen atoms in total. The Balaban J connectivity index is 1.44. The Labute approximate surface area is 145 Å². The number of amides is 1. The van der Waals surface area contributed by atoms with Crippen molar-refractivity contribution in [2.45, 2.75) is 63.8 Å². The molecule has 5 rings (SSSR count). The van der Waals surface area contributed by atoms with Crippen LogP contribution in [0.3, 0.4) is 0 Å². The van der Waals surface area contributed by atoms with E-state index in [1.165, 1.54) is 38.5 Å². The highest BCUT2D eigenvalue weighted by molar-refractivity contribution is 5.95. The summed E-state index contributed by atoms with van der Waals surface area (Å²) in [4.78, 5) is 12.8. The second-order valence-electron chi connectivity index (χ2n) is 8.38. The number of nitrogens with one attached hydrogen (secondary N) is 1. The van der Waals surface area contributed by atoms with Gasteiger partial charge in [0.2, 0.25) is 0 Å². The number of hydrogen-bond acceptors (Lipinski definition) is 2. The fraction of sp³-hybridized carbons (Fsp3) is 0.667. The Morgan fingerprint density at radius 2 is 1.83 bits per heavy atom. The van der Waals surface area contributed by atoms with Gasteiger partial charge in [-0.25, -0.2) is 0 Å². The minimum Gasteiger partial charge on any atom is -0.494 e. The Bertz CT molecular complexity index is 574. The largest absolute Gasteiger partial charge is 0.494 e. The monoisotopic (exact) mass is 327 g/mol. The van der Waals surface area contributed by atoms with E-state index in [0.717, 1.165) is 48.5 Å². The van der Waals surface area contributed by atoms with E-state index < -0.39 is 0 Å². The SMILES string of the molecule is CCCCOc1cccc(C(=O)NC23CC4CC(CC(C4)C2)C3)c1. The summed E-state index contributed by atoms with van der Waals surface area (Å²) < 4.78 is 5.75. The van der Waals surface area contributed by atoms with E-state index in [-0.39, 0.29) is 11.4 Å². The first-order valence-corrected chi connectivity index (χ1v) is 9.71. The van der Waals surface area contributed by atoms with Gasteiger partial charge in [0.15, 0.2) is 0 Å². The fourth-order valence-corrected chi connectivity index (χ4v) is 5.64. The Hall–Kier alpha value is -1.51. The first kappa shape index (κ1) is 16.0. The summed E-state index contributed by atoms with van der Waals surface area (Å²) in [6.45, 7) is 2.87. The second-order valence-corrected chi connectivity index (χ2v) is 8.38. The van der Waals surface area contributed by atoms with Crippen molar-refractivity contribution in [3.8, 4) is 5.75 Å². The van der Waals surface area contributed by atoms with E-state index in [1.807, 2.05) is 24.3 Å². The van der Waals surface area contributed by atoms with E-state index in [1.54, 1.807) is 0 Å². The molecule has 4 bridgehead atoms. The highest BCUT2D eigenvalue weighted by Gasteiger charge is 2.51. The van der Waals surface area contributed by atoms with Crippen molar-refractivity contribution in [1.29, 1.82) is 0 Å². The lowest BCUT2D eigenvalue weighted by Gasteiger charge is -2.56. The topological polar surface area (TPSA) is 38.3 Å². The van der Waals surface area contributed by atoms with Crippen molar-refractivity contribution >= 4 is 5.91 Å². The Morgan fingerprint density at radius 1 is 1.17 bits per heavy atom. The number of rotatable bonds is 6. The maximum Gasteiger partial charge on any atom is 0.251 e. The van der Waals surface area contributed by atoms with Crippen molar-refractivity contribution in [3.63, 3.8) is 0 Å².